The Morgan fingerprint density at radius 2 is 2.03 bits per heavy atom. The topological polar surface area (TPSA) is 72.5 Å². The van der Waals surface area contributed by atoms with Gasteiger partial charge in [-0.15, -0.1) is 0 Å². The lowest BCUT2D eigenvalue weighted by molar-refractivity contribution is 0.102. The van der Waals surface area contributed by atoms with Crippen LogP contribution in [0.15, 0.2) is 47.1 Å². The SMILES string of the molecule is Cc1cc(C(=O)Nc2ccc3nc(N4CCOCC4)sc3c2)c(C)n1Cc1ccco1. The molecule has 1 saturated heterocycles. The number of nitrogens with one attached hydrogen (secondary N) is 1. The van der Waals surface area contributed by atoms with E-state index < -0.39 is 0 Å². The van der Waals surface area contributed by atoms with Gasteiger partial charge < -0.3 is 23.9 Å². The molecule has 1 aliphatic rings. The molecule has 0 spiro atoms. The van der Waals surface area contributed by atoms with Crippen LogP contribution in [0.1, 0.15) is 27.5 Å². The number of amides is 1. The Hall–Kier alpha value is -3.10. The predicted octanol–water partition coefficient (Wildman–Crippen LogP) is 4.44. The van der Waals surface area contributed by atoms with Crippen LogP contribution in [0.4, 0.5) is 10.8 Å². The highest BCUT2D eigenvalue weighted by Crippen LogP contribution is 2.31. The molecular formula is C23H24N4O3S. The van der Waals surface area contributed by atoms with Crippen molar-refractivity contribution >= 4 is 38.3 Å². The van der Waals surface area contributed by atoms with E-state index in [9.17, 15) is 4.79 Å². The molecule has 1 aliphatic heterocycles. The first-order chi connectivity index (χ1) is 15.1. The van der Waals surface area contributed by atoms with Crippen molar-refractivity contribution in [2.24, 2.45) is 0 Å². The number of hydrogen-bond donors (Lipinski definition) is 1. The third-order valence-electron chi connectivity index (χ3n) is 5.63. The zero-order chi connectivity index (χ0) is 21.4. The van der Waals surface area contributed by atoms with Crippen LogP contribution in [0.5, 0.6) is 0 Å². The highest BCUT2D eigenvalue weighted by molar-refractivity contribution is 7.22. The fraction of sp³-hybridized carbons (Fsp3) is 0.304. The lowest BCUT2D eigenvalue weighted by atomic mass is 10.2. The molecule has 0 atom stereocenters. The molecule has 0 unspecified atom stereocenters. The number of fused-ring (bicyclic) bond motifs is 1. The first-order valence-electron chi connectivity index (χ1n) is 10.3. The summed E-state index contributed by atoms with van der Waals surface area (Å²) in [5.74, 6) is 0.747. The first kappa shape index (κ1) is 19.8. The molecule has 0 radical (unpaired) electrons. The quantitative estimate of drug-likeness (QED) is 0.501. The normalized spacial score (nSPS) is 14.3. The minimum Gasteiger partial charge on any atom is -0.467 e. The van der Waals surface area contributed by atoms with Gasteiger partial charge >= 0.3 is 0 Å². The second-order valence-electron chi connectivity index (χ2n) is 7.68. The second kappa shape index (κ2) is 8.20. The summed E-state index contributed by atoms with van der Waals surface area (Å²) in [4.78, 5) is 20.0. The lowest BCUT2D eigenvalue weighted by Gasteiger charge is -2.25. The van der Waals surface area contributed by atoms with E-state index in [1.54, 1.807) is 17.6 Å². The summed E-state index contributed by atoms with van der Waals surface area (Å²) in [6.45, 7) is 7.75. The zero-order valence-electron chi connectivity index (χ0n) is 17.6. The van der Waals surface area contributed by atoms with Gasteiger partial charge in [-0.1, -0.05) is 11.3 Å². The number of aromatic nitrogens is 2. The van der Waals surface area contributed by atoms with Gasteiger partial charge in [-0.25, -0.2) is 4.98 Å². The number of ether oxygens (including phenoxy) is 1. The number of hydrogen-bond acceptors (Lipinski definition) is 6. The number of aryl methyl sites for hydroxylation is 1. The number of nitrogens with zero attached hydrogens (tertiary/aromatic N) is 3. The van der Waals surface area contributed by atoms with Crippen LogP contribution >= 0.6 is 11.3 Å². The molecule has 1 N–H and O–H groups in total. The average Bonchev–Trinajstić information content (AvgIpc) is 3.50. The van der Waals surface area contributed by atoms with Crippen molar-refractivity contribution in [2.75, 3.05) is 36.5 Å². The minimum atomic E-state index is -0.115. The van der Waals surface area contributed by atoms with Crippen LogP contribution in [0.3, 0.4) is 0 Å². The van der Waals surface area contributed by atoms with Crippen molar-refractivity contribution in [1.29, 1.82) is 0 Å². The maximum Gasteiger partial charge on any atom is 0.257 e. The van der Waals surface area contributed by atoms with Crippen LogP contribution in [0.25, 0.3) is 10.2 Å². The van der Waals surface area contributed by atoms with E-state index >= 15 is 0 Å². The van der Waals surface area contributed by atoms with Crippen LogP contribution in [0, 0.1) is 13.8 Å². The van der Waals surface area contributed by atoms with Crippen LogP contribution in [0.2, 0.25) is 0 Å². The molecule has 0 saturated carbocycles. The molecule has 1 aromatic carbocycles. The van der Waals surface area contributed by atoms with Gasteiger partial charge in [0.15, 0.2) is 5.13 Å². The van der Waals surface area contributed by atoms with Gasteiger partial charge in [-0.3, -0.25) is 4.79 Å². The minimum absolute atomic E-state index is 0.115. The molecule has 4 aromatic rings. The molecule has 1 fully saturated rings. The summed E-state index contributed by atoms with van der Waals surface area (Å²) in [5.41, 5.74) is 4.32. The van der Waals surface area contributed by atoms with Crippen LogP contribution in [-0.4, -0.2) is 41.8 Å². The lowest BCUT2D eigenvalue weighted by Crippen LogP contribution is -2.36. The van der Waals surface area contributed by atoms with Gasteiger partial charge in [-0.2, -0.15) is 0 Å². The van der Waals surface area contributed by atoms with E-state index in [2.05, 4.69) is 14.8 Å². The number of carbonyl (C=O) groups is 1. The van der Waals surface area contributed by atoms with E-state index in [1.165, 1.54) is 0 Å². The molecule has 1 amide bonds. The van der Waals surface area contributed by atoms with Crippen molar-refractivity contribution < 1.29 is 13.9 Å². The third-order valence-corrected chi connectivity index (χ3v) is 6.71. The highest BCUT2D eigenvalue weighted by atomic mass is 32.1. The standard InChI is InChI=1S/C23H24N4O3S/c1-15-12-19(16(2)27(15)14-18-4-3-9-30-18)22(28)24-17-5-6-20-21(13-17)31-23(25-20)26-7-10-29-11-8-26/h3-6,9,12-13H,7-8,10-11,14H2,1-2H3,(H,24,28). The van der Waals surface area contributed by atoms with Gasteiger partial charge in [0, 0.05) is 30.2 Å². The van der Waals surface area contributed by atoms with Gasteiger partial charge in [0.2, 0.25) is 0 Å². The van der Waals surface area contributed by atoms with E-state index in [-0.39, 0.29) is 5.91 Å². The first-order valence-corrected chi connectivity index (χ1v) is 11.1. The van der Waals surface area contributed by atoms with Gasteiger partial charge in [0.05, 0.1) is 41.8 Å². The summed E-state index contributed by atoms with van der Waals surface area (Å²) in [6, 6.07) is 11.6. The maximum atomic E-state index is 13.0. The Kier molecular flexibility index (Phi) is 5.25. The number of thiazole rings is 1. The summed E-state index contributed by atoms with van der Waals surface area (Å²) >= 11 is 1.65. The van der Waals surface area contributed by atoms with Crippen molar-refractivity contribution in [3.63, 3.8) is 0 Å². The summed E-state index contributed by atoms with van der Waals surface area (Å²) in [5, 5.41) is 4.05. The number of anilines is 2. The fourth-order valence-electron chi connectivity index (χ4n) is 3.91. The predicted molar refractivity (Wildman–Crippen MR) is 122 cm³/mol. The summed E-state index contributed by atoms with van der Waals surface area (Å²) < 4.78 is 14.0. The van der Waals surface area contributed by atoms with Gasteiger partial charge in [0.1, 0.15) is 5.76 Å². The van der Waals surface area contributed by atoms with Crippen molar-refractivity contribution in [2.45, 2.75) is 20.4 Å². The number of furan rings is 1. The van der Waals surface area contributed by atoms with E-state index in [0.29, 0.717) is 12.1 Å². The monoisotopic (exact) mass is 436 g/mol. The highest BCUT2D eigenvalue weighted by Gasteiger charge is 2.18. The second-order valence-corrected chi connectivity index (χ2v) is 8.69. The van der Waals surface area contributed by atoms with Gasteiger partial charge in [-0.05, 0) is 50.2 Å². The number of carbonyl (C=O) groups excluding carboxylic acids is 1. The van der Waals surface area contributed by atoms with Crippen molar-refractivity contribution in [3.8, 4) is 0 Å². The summed E-state index contributed by atoms with van der Waals surface area (Å²) in [6.07, 6.45) is 1.66. The maximum absolute atomic E-state index is 13.0. The van der Waals surface area contributed by atoms with Crippen LogP contribution in [-0.2, 0) is 11.3 Å². The Morgan fingerprint density at radius 1 is 1.19 bits per heavy atom. The molecule has 0 aliphatic carbocycles. The molecule has 0 bridgehead atoms. The number of benzene rings is 1. The smallest absolute Gasteiger partial charge is 0.257 e. The Morgan fingerprint density at radius 3 is 2.81 bits per heavy atom. The molecule has 8 heteroatoms. The fourth-order valence-corrected chi connectivity index (χ4v) is 4.97. The zero-order valence-corrected chi connectivity index (χ0v) is 18.4. The molecule has 5 rings (SSSR count). The number of morpholine rings is 1. The van der Waals surface area contributed by atoms with E-state index in [0.717, 1.165) is 64.5 Å². The molecule has 4 heterocycles. The van der Waals surface area contributed by atoms with Crippen molar-refractivity contribution in [1.82, 2.24) is 9.55 Å². The van der Waals surface area contributed by atoms with Crippen molar-refractivity contribution in [3.05, 3.63) is 65.4 Å². The Bertz CT molecular complexity index is 1220. The molecule has 31 heavy (non-hydrogen) atoms. The molecule has 160 valence electrons. The van der Waals surface area contributed by atoms with Crippen LogP contribution < -0.4 is 10.2 Å². The molecule has 3 aromatic heterocycles. The number of rotatable bonds is 5. The van der Waals surface area contributed by atoms with Gasteiger partial charge in [0.25, 0.3) is 5.91 Å². The average molecular weight is 437 g/mol. The van der Waals surface area contributed by atoms with E-state index in [1.807, 2.05) is 50.2 Å². The largest absolute Gasteiger partial charge is 0.467 e. The molecule has 7 nitrogen and oxygen atoms in total. The Balaban J connectivity index is 1.35. The van der Waals surface area contributed by atoms with E-state index in [4.69, 9.17) is 14.1 Å². The Labute approximate surface area is 184 Å². The summed E-state index contributed by atoms with van der Waals surface area (Å²) in [7, 11) is 0. The molecular weight excluding hydrogens is 412 g/mol. The third kappa shape index (κ3) is 3.96.